The number of ether oxygens (including phenoxy) is 1. The van der Waals surface area contributed by atoms with Crippen LogP contribution in [-0.2, 0) is 16.0 Å². The maximum Gasteiger partial charge on any atom is 0.309 e. The zero-order valence-electron chi connectivity index (χ0n) is 14.7. The van der Waals surface area contributed by atoms with Crippen molar-refractivity contribution in [1.82, 2.24) is 0 Å². The highest BCUT2D eigenvalue weighted by Crippen LogP contribution is 2.41. The third-order valence-electron chi connectivity index (χ3n) is 4.55. The fraction of sp³-hybridized carbons (Fsp3) is 0.0909. The average Bonchev–Trinajstić information content (AvgIpc) is 2.66. The van der Waals surface area contributed by atoms with Crippen LogP contribution in [0.1, 0.15) is 5.56 Å². The van der Waals surface area contributed by atoms with Gasteiger partial charge in [-0.05, 0) is 35.4 Å². The fourth-order valence-electron chi connectivity index (χ4n) is 3.32. The van der Waals surface area contributed by atoms with Gasteiger partial charge in [0.05, 0.1) is 18.9 Å². The van der Waals surface area contributed by atoms with E-state index in [-0.39, 0.29) is 18.1 Å². The number of fused-ring (bicyclic) bond motifs is 2. The van der Waals surface area contributed by atoms with Gasteiger partial charge in [-0.15, -0.1) is 0 Å². The summed E-state index contributed by atoms with van der Waals surface area (Å²) in [5.41, 5.74) is 3.96. The zero-order valence-corrected chi connectivity index (χ0v) is 14.7. The summed E-state index contributed by atoms with van der Waals surface area (Å²) in [5, 5.41) is 18.9. The third-order valence-corrected chi connectivity index (χ3v) is 4.55. The minimum absolute atomic E-state index is 0.0985. The Morgan fingerprint density at radius 2 is 1.89 bits per heavy atom. The molecule has 2 aromatic rings. The molecule has 0 radical (unpaired) electrons. The van der Waals surface area contributed by atoms with Crippen LogP contribution in [0.2, 0.25) is 0 Å². The fourth-order valence-corrected chi connectivity index (χ4v) is 3.32. The zero-order chi connectivity index (χ0) is 19.0. The van der Waals surface area contributed by atoms with Gasteiger partial charge in [0.15, 0.2) is 0 Å². The van der Waals surface area contributed by atoms with Crippen LogP contribution in [0.25, 0.3) is 33.4 Å². The number of phenols is 1. The van der Waals surface area contributed by atoms with Crippen molar-refractivity contribution >= 4 is 16.9 Å². The lowest BCUT2D eigenvalue weighted by atomic mass is 9.90. The predicted octanol–water partition coefficient (Wildman–Crippen LogP) is 4.11. The molecule has 0 aromatic heterocycles. The minimum Gasteiger partial charge on any atom is -0.508 e. The van der Waals surface area contributed by atoms with Gasteiger partial charge in [-0.2, -0.15) is 0 Å². The molecule has 0 saturated heterocycles. The van der Waals surface area contributed by atoms with E-state index < -0.39 is 0 Å². The van der Waals surface area contributed by atoms with Crippen molar-refractivity contribution in [3.63, 3.8) is 0 Å². The van der Waals surface area contributed by atoms with E-state index in [2.05, 4.69) is 0 Å². The van der Waals surface area contributed by atoms with Gasteiger partial charge in [0.1, 0.15) is 17.1 Å². The summed E-state index contributed by atoms with van der Waals surface area (Å²) in [6, 6.07) is 17.8. The highest BCUT2D eigenvalue weighted by molar-refractivity contribution is 6.03. The lowest BCUT2D eigenvalue weighted by Gasteiger charge is -2.17. The molecule has 0 fully saturated rings. The van der Waals surface area contributed by atoms with Crippen molar-refractivity contribution in [3.05, 3.63) is 71.6 Å². The first-order valence-electron chi connectivity index (χ1n) is 8.46. The molecular formula is C22H17NO4. The first-order chi connectivity index (χ1) is 13.1. The van der Waals surface area contributed by atoms with Gasteiger partial charge in [0.2, 0.25) is 0 Å². The van der Waals surface area contributed by atoms with Gasteiger partial charge >= 0.3 is 5.97 Å². The van der Waals surface area contributed by atoms with Gasteiger partial charge < -0.3 is 19.7 Å². The maximum absolute atomic E-state index is 11.9. The predicted molar refractivity (Wildman–Crippen MR) is 102 cm³/mol. The van der Waals surface area contributed by atoms with E-state index in [1.165, 1.54) is 7.11 Å². The Labute approximate surface area is 155 Å². The van der Waals surface area contributed by atoms with E-state index in [9.17, 15) is 9.90 Å². The normalized spacial score (nSPS) is 11.0. The van der Waals surface area contributed by atoms with Crippen molar-refractivity contribution in [1.29, 1.82) is 5.41 Å². The number of carbonyl (C=O) groups is 1. The summed E-state index contributed by atoms with van der Waals surface area (Å²) in [7, 11) is 1.37. The lowest BCUT2D eigenvalue weighted by molar-refractivity contribution is -0.139. The monoisotopic (exact) mass is 359 g/mol. The molecule has 0 amide bonds. The molecule has 27 heavy (non-hydrogen) atoms. The highest BCUT2D eigenvalue weighted by Gasteiger charge is 2.20. The van der Waals surface area contributed by atoms with Gasteiger partial charge in [-0.3, -0.25) is 4.79 Å². The molecule has 1 heterocycles. The van der Waals surface area contributed by atoms with Crippen LogP contribution in [-0.4, -0.2) is 18.2 Å². The molecule has 134 valence electrons. The quantitative estimate of drug-likeness (QED) is 0.426. The van der Waals surface area contributed by atoms with Gasteiger partial charge in [0.25, 0.3) is 0 Å². The molecule has 0 atom stereocenters. The molecule has 2 aliphatic rings. The first kappa shape index (κ1) is 16.8. The number of phenolic OH excluding ortho intramolecular Hbond substituents is 1. The molecule has 4 rings (SSSR count). The molecule has 1 aliphatic carbocycles. The number of nitrogens with one attached hydrogen (secondary N) is 1. The van der Waals surface area contributed by atoms with Crippen LogP contribution in [0.15, 0.2) is 65.1 Å². The van der Waals surface area contributed by atoms with Crippen molar-refractivity contribution in [2.45, 2.75) is 6.42 Å². The van der Waals surface area contributed by atoms with Crippen molar-refractivity contribution < 1.29 is 19.1 Å². The van der Waals surface area contributed by atoms with Gasteiger partial charge in [-0.1, -0.05) is 24.3 Å². The number of aromatic hydroxyl groups is 1. The van der Waals surface area contributed by atoms with Gasteiger partial charge in [-0.25, -0.2) is 0 Å². The molecule has 2 N–H and O–H groups in total. The smallest absolute Gasteiger partial charge is 0.309 e. The maximum atomic E-state index is 11.9. The Balaban J connectivity index is 2.09. The van der Waals surface area contributed by atoms with E-state index >= 15 is 0 Å². The summed E-state index contributed by atoms with van der Waals surface area (Å²) in [6.07, 6.45) is 0.149. The van der Waals surface area contributed by atoms with E-state index in [4.69, 9.17) is 14.6 Å². The highest BCUT2D eigenvalue weighted by atomic mass is 16.5. The van der Waals surface area contributed by atoms with E-state index in [0.29, 0.717) is 16.7 Å². The molecule has 1 aliphatic heterocycles. The van der Waals surface area contributed by atoms with Crippen LogP contribution >= 0.6 is 0 Å². The van der Waals surface area contributed by atoms with Crippen molar-refractivity contribution in [2.24, 2.45) is 0 Å². The standard InChI is InChI=1S/C22H17NO4/c1-26-21(25)10-13-4-2-3-5-16(13)22-17-8-6-14(23)11-19(17)27-20-12-15(24)7-9-18(20)22/h2-9,11-12,23-24H,10H2,1H3. The second-order valence-electron chi connectivity index (χ2n) is 6.28. The Hall–Kier alpha value is -3.60. The molecule has 5 nitrogen and oxygen atoms in total. The largest absolute Gasteiger partial charge is 0.508 e. The number of hydrogen-bond acceptors (Lipinski definition) is 5. The summed E-state index contributed by atoms with van der Waals surface area (Å²) in [5.74, 6) is 0.327. The average molecular weight is 359 g/mol. The van der Waals surface area contributed by atoms with E-state index in [0.717, 1.165) is 27.6 Å². The number of hydrogen-bond donors (Lipinski definition) is 2. The Morgan fingerprint density at radius 3 is 2.70 bits per heavy atom. The number of carbonyl (C=O) groups excluding carboxylic acids is 1. The molecule has 5 heteroatoms. The lowest BCUT2D eigenvalue weighted by Crippen LogP contribution is -2.06. The summed E-state index contributed by atoms with van der Waals surface area (Å²) < 4.78 is 10.8. The summed E-state index contributed by atoms with van der Waals surface area (Å²) in [4.78, 5) is 11.9. The Morgan fingerprint density at radius 1 is 1.07 bits per heavy atom. The molecule has 0 saturated carbocycles. The molecule has 0 unspecified atom stereocenters. The number of methoxy groups -OCH3 is 1. The second-order valence-corrected chi connectivity index (χ2v) is 6.28. The van der Waals surface area contributed by atoms with Crippen LogP contribution in [0, 0.1) is 5.41 Å². The van der Waals surface area contributed by atoms with Crippen molar-refractivity contribution in [2.75, 3.05) is 7.11 Å². The van der Waals surface area contributed by atoms with E-state index in [1.54, 1.807) is 30.3 Å². The van der Waals surface area contributed by atoms with Crippen LogP contribution in [0.4, 0.5) is 0 Å². The SMILES string of the molecule is COC(=O)Cc1ccccc1-c1c2ccc(=N)cc-2oc2cc(O)ccc12. The minimum atomic E-state index is -0.317. The van der Waals surface area contributed by atoms with Crippen LogP contribution < -0.4 is 5.36 Å². The molecule has 2 aromatic carbocycles. The van der Waals surface area contributed by atoms with Crippen molar-refractivity contribution in [3.8, 4) is 28.2 Å². The van der Waals surface area contributed by atoms with Crippen LogP contribution in [0.3, 0.4) is 0 Å². The Bertz CT molecular complexity index is 1190. The molecule has 0 bridgehead atoms. The third kappa shape index (κ3) is 3.04. The summed E-state index contributed by atoms with van der Waals surface area (Å²) in [6.45, 7) is 0. The first-order valence-corrected chi connectivity index (χ1v) is 8.46. The number of benzene rings is 3. The summed E-state index contributed by atoms with van der Waals surface area (Å²) >= 11 is 0. The molecular weight excluding hydrogens is 342 g/mol. The van der Waals surface area contributed by atoms with Gasteiger partial charge in [0, 0.05) is 28.6 Å². The van der Waals surface area contributed by atoms with E-state index in [1.807, 2.05) is 30.3 Å². The topological polar surface area (TPSA) is 83.5 Å². The number of esters is 1. The van der Waals surface area contributed by atoms with Crippen LogP contribution in [0.5, 0.6) is 5.75 Å². The Kier molecular flexibility index (Phi) is 4.12. The second kappa shape index (κ2) is 6.61. The number of rotatable bonds is 3. The molecule has 0 spiro atoms.